The first kappa shape index (κ1) is 12.7. The third kappa shape index (κ3) is 2.92. The van der Waals surface area contributed by atoms with E-state index in [0.717, 1.165) is 17.9 Å². The molecule has 0 aliphatic heterocycles. The van der Waals surface area contributed by atoms with Crippen LogP contribution >= 0.6 is 0 Å². The third-order valence-electron chi connectivity index (χ3n) is 3.14. The Balaban J connectivity index is 2.14. The molecule has 1 aromatic heterocycles. The normalized spacial score (nSPS) is 11.7. The third-order valence-corrected chi connectivity index (χ3v) is 3.14. The lowest BCUT2D eigenvalue weighted by molar-refractivity contribution is 0.368. The molecule has 0 radical (unpaired) electrons. The Labute approximate surface area is 107 Å². The van der Waals surface area contributed by atoms with Crippen LogP contribution in [-0.4, -0.2) is 25.7 Å². The molecule has 1 N–H and O–H groups in total. The van der Waals surface area contributed by atoms with Gasteiger partial charge in [-0.25, -0.2) is 0 Å². The molecule has 2 aromatic rings. The van der Waals surface area contributed by atoms with Gasteiger partial charge in [0.15, 0.2) is 5.82 Å². The van der Waals surface area contributed by atoms with E-state index in [1.54, 1.807) is 4.68 Å². The first-order valence-electron chi connectivity index (χ1n) is 6.20. The lowest BCUT2D eigenvalue weighted by atomic mass is 10.0. The van der Waals surface area contributed by atoms with Crippen molar-refractivity contribution in [1.29, 1.82) is 0 Å². The van der Waals surface area contributed by atoms with Crippen molar-refractivity contribution in [3.8, 4) is 5.69 Å². The molecule has 5 heteroatoms. The second-order valence-corrected chi connectivity index (χ2v) is 4.93. The van der Waals surface area contributed by atoms with E-state index in [1.807, 2.05) is 30.3 Å². The van der Waals surface area contributed by atoms with Crippen molar-refractivity contribution in [1.82, 2.24) is 25.5 Å². The summed E-state index contributed by atoms with van der Waals surface area (Å²) >= 11 is 0. The van der Waals surface area contributed by atoms with Crippen LogP contribution < -0.4 is 5.32 Å². The quantitative estimate of drug-likeness (QED) is 0.874. The van der Waals surface area contributed by atoms with Crippen LogP contribution in [-0.2, 0) is 6.54 Å². The SMILES string of the molecule is CCC(C)(C)NCc1nnnn1-c1ccccc1. The van der Waals surface area contributed by atoms with Crippen molar-refractivity contribution in [2.24, 2.45) is 0 Å². The predicted molar refractivity (Wildman–Crippen MR) is 70.4 cm³/mol. The van der Waals surface area contributed by atoms with E-state index in [9.17, 15) is 0 Å². The van der Waals surface area contributed by atoms with Crippen molar-refractivity contribution in [2.75, 3.05) is 0 Å². The van der Waals surface area contributed by atoms with Gasteiger partial charge in [0.05, 0.1) is 12.2 Å². The van der Waals surface area contributed by atoms with Gasteiger partial charge in [0.25, 0.3) is 0 Å². The molecular weight excluding hydrogens is 226 g/mol. The summed E-state index contributed by atoms with van der Waals surface area (Å²) in [6, 6.07) is 9.91. The fourth-order valence-corrected chi connectivity index (χ4v) is 1.53. The molecule has 0 fully saturated rings. The zero-order valence-corrected chi connectivity index (χ0v) is 11.1. The molecule has 0 aliphatic rings. The van der Waals surface area contributed by atoms with E-state index in [1.165, 1.54) is 0 Å². The zero-order valence-electron chi connectivity index (χ0n) is 11.1. The highest BCUT2D eigenvalue weighted by molar-refractivity contribution is 5.30. The Bertz CT molecular complexity index is 489. The summed E-state index contributed by atoms with van der Waals surface area (Å²) in [5.41, 5.74) is 1.07. The molecule has 0 bridgehead atoms. The molecule has 1 heterocycles. The van der Waals surface area contributed by atoms with Gasteiger partial charge in [-0.1, -0.05) is 25.1 Å². The van der Waals surface area contributed by atoms with Crippen molar-refractivity contribution in [3.63, 3.8) is 0 Å². The molecule has 18 heavy (non-hydrogen) atoms. The highest BCUT2D eigenvalue weighted by Gasteiger charge is 2.16. The number of rotatable bonds is 5. The first-order chi connectivity index (χ1) is 8.62. The van der Waals surface area contributed by atoms with Crippen molar-refractivity contribution >= 4 is 0 Å². The molecule has 5 nitrogen and oxygen atoms in total. The Morgan fingerprint density at radius 2 is 1.94 bits per heavy atom. The summed E-state index contributed by atoms with van der Waals surface area (Å²) in [6.45, 7) is 7.16. The van der Waals surface area contributed by atoms with Gasteiger partial charge in [0.1, 0.15) is 0 Å². The molecule has 0 unspecified atom stereocenters. The highest BCUT2D eigenvalue weighted by Crippen LogP contribution is 2.10. The molecular formula is C13H19N5. The van der Waals surface area contributed by atoms with E-state index < -0.39 is 0 Å². The van der Waals surface area contributed by atoms with Crippen molar-refractivity contribution < 1.29 is 0 Å². The van der Waals surface area contributed by atoms with Crippen LogP contribution in [0.5, 0.6) is 0 Å². The van der Waals surface area contributed by atoms with E-state index >= 15 is 0 Å². The predicted octanol–water partition coefficient (Wildman–Crippen LogP) is 1.94. The maximum absolute atomic E-state index is 4.07. The maximum atomic E-state index is 4.07. The Morgan fingerprint density at radius 3 is 2.61 bits per heavy atom. The minimum absolute atomic E-state index is 0.0907. The number of hydrogen-bond acceptors (Lipinski definition) is 4. The monoisotopic (exact) mass is 245 g/mol. The van der Waals surface area contributed by atoms with Crippen LogP contribution in [0.1, 0.15) is 33.0 Å². The van der Waals surface area contributed by atoms with Crippen LogP contribution in [0.4, 0.5) is 0 Å². The topological polar surface area (TPSA) is 55.6 Å². The van der Waals surface area contributed by atoms with Gasteiger partial charge in [-0.05, 0) is 42.8 Å². The molecule has 0 atom stereocenters. The molecule has 96 valence electrons. The number of hydrogen-bond donors (Lipinski definition) is 1. The number of para-hydroxylation sites is 1. The zero-order chi connectivity index (χ0) is 13.0. The van der Waals surface area contributed by atoms with Gasteiger partial charge in [-0.3, -0.25) is 0 Å². The lowest BCUT2D eigenvalue weighted by Crippen LogP contribution is -2.38. The van der Waals surface area contributed by atoms with E-state index in [-0.39, 0.29) is 5.54 Å². The summed E-state index contributed by atoms with van der Waals surface area (Å²) in [7, 11) is 0. The van der Waals surface area contributed by atoms with Gasteiger partial charge in [0, 0.05) is 5.54 Å². The molecule has 2 rings (SSSR count). The van der Waals surface area contributed by atoms with E-state index in [2.05, 4.69) is 41.6 Å². The summed E-state index contributed by atoms with van der Waals surface area (Å²) in [5, 5.41) is 15.3. The highest BCUT2D eigenvalue weighted by atomic mass is 15.5. The van der Waals surface area contributed by atoms with Crippen LogP contribution in [0.15, 0.2) is 30.3 Å². The molecule has 0 amide bonds. The van der Waals surface area contributed by atoms with Crippen molar-refractivity contribution in [3.05, 3.63) is 36.2 Å². The number of nitrogens with one attached hydrogen (secondary N) is 1. The van der Waals surface area contributed by atoms with Gasteiger partial charge in [-0.2, -0.15) is 4.68 Å². The Hall–Kier alpha value is -1.75. The molecule has 1 aromatic carbocycles. The second-order valence-electron chi connectivity index (χ2n) is 4.93. The first-order valence-corrected chi connectivity index (χ1v) is 6.20. The Kier molecular flexibility index (Phi) is 3.72. The molecule has 0 saturated carbocycles. The van der Waals surface area contributed by atoms with Gasteiger partial charge >= 0.3 is 0 Å². The summed E-state index contributed by atoms with van der Waals surface area (Å²) in [6.07, 6.45) is 1.06. The van der Waals surface area contributed by atoms with Crippen LogP contribution in [0.2, 0.25) is 0 Å². The molecule has 0 aliphatic carbocycles. The Morgan fingerprint density at radius 1 is 1.22 bits per heavy atom. The van der Waals surface area contributed by atoms with E-state index in [0.29, 0.717) is 6.54 Å². The standard InChI is InChI=1S/C13H19N5/c1-4-13(2,3)14-10-12-15-16-17-18(12)11-8-6-5-7-9-11/h5-9,14H,4,10H2,1-3H3. The number of nitrogens with zero attached hydrogens (tertiary/aromatic N) is 4. The summed E-state index contributed by atoms with van der Waals surface area (Å²) in [4.78, 5) is 0. The minimum atomic E-state index is 0.0907. The van der Waals surface area contributed by atoms with Gasteiger partial charge in [-0.15, -0.1) is 5.10 Å². The number of benzene rings is 1. The number of aromatic nitrogens is 4. The largest absolute Gasteiger partial charge is 0.305 e. The minimum Gasteiger partial charge on any atom is -0.305 e. The smallest absolute Gasteiger partial charge is 0.170 e. The van der Waals surface area contributed by atoms with Gasteiger partial charge < -0.3 is 5.32 Å². The van der Waals surface area contributed by atoms with Gasteiger partial charge in [0.2, 0.25) is 0 Å². The molecule has 0 saturated heterocycles. The fourth-order valence-electron chi connectivity index (χ4n) is 1.53. The van der Waals surface area contributed by atoms with E-state index in [4.69, 9.17) is 0 Å². The number of tetrazole rings is 1. The average Bonchev–Trinajstić information content (AvgIpc) is 2.86. The summed E-state index contributed by atoms with van der Waals surface area (Å²) in [5.74, 6) is 0.822. The van der Waals surface area contributed by atoms with Crippen molar-refractivity contribution in [2.45, 2.75) is 39.3 Å². The van der Waals surface area contributed by atoms with Crippen LogP contribution in [0, 0.1) is 0 Å². The average molecular weight is 245 g/mol. The summed E-state index contributed by atoms with van der Waals surface area (Å²) < 4.78 is 1.76. The lowest BCUT2D eigenvalue weighted by Gasteiger charge is -2.24. The maximum Gasteiger partial charge on any atom is 0.170 e. The van der Waals surface area contributed by atoms with Crippen LogP contribution in [0.25, 0.3) is 5.69 Å². The van der Waals surface area contributed by atoms with Crippen LogP contribution in [0.3, 0.4) is 0 Å². The molecule has 0 spiro atoms. The fraction of sp³-hybridized carbons (Fsp3) is 0.462. The second kappa shape index (κ2) is 5.27.